The third-order valence-electron chi connectivity index (χ3n) is 2.03. The zero-order valence-corrected chi connectivity index (χ0v) is 11.4. The normalized spacial score (nSPS) is 12.2. The average Bonchev–Trinajstić information content (AvgIpc) is 2.27. The van der Waals surface area contributed by atoms with E-state index in [2.05, 4.69) is 0 Å². The topological polar surface area (TPSA) is 90.4 Å². The molecular formula is C9H26O5Si. The van der Waals surface area contributed by atoms with E-state index in [0.717, 1.165) is 6.42 Å². The third kappa shape index (κ3) is 8.98. The van der Waals surface area contributed by atoms with Gasteiger partial charge in [-0.25, -0.2) is 0 Å². The summed E-state index contributed by atoms with van der Waals surface area (Å²) < 4.78 is 10.2. The minimum Gasteiger partial charge on any atom is -0.412 e. The molecule has 0 aromatic carbocycles. The second kappa shape index (κ2) is 12.1. The Morgan fingerprint density at radius 2 is 1.53 bits per heavy atom. The Morgan fingerprint density at radius 1 is 1.20 bits per heavy atom. The van der Waals surface area contributed by atoms with Crippen molar-refractivity contribution in [3.05, 3.63) is 0 Å². The lowest BCUT2D eigenvalue weighted by Crippen LogP contribution is -2.48. The monoisotopic (exact) mass is 242 g/mol. The fourth-order valence-corrected chi connectivity index (χ4v) is 2.18. The first kappa shape index (κ1) is 20.4. The first-order valence-electron chi connectivity index (χ1n) is 4.91. The minimum atomic E-state index is -2.25. The quantitative estimate of drug-likeness (QED) is 0.675. The molecular weight excluding hydrogens is 216 g/mol. The van der Waals surface area contributed by atoms with Gasteiger partial charge in [0.15, 0.2) is 0 Å². The van der Waals surface area contributed by atoms with Gasteiger partial charge in [-0.2, -0.15) is 0 Å². The highest BCUT2D eigenvalue weighted by atomic mass is 28.4. The van der Waals surface area contributed by atoms with E-state index >= 15 is 0 Å². The largest absolute Gasteiger partial charge is 0.412 e. The SMILES string of the molecule is CCC(O)[Si](C)(OC)OC.CCCO.O. The maximum atomic E-state index is 9.39. The summed E-state index contributed by atoms with van der Waals surface area (Å²) >= 11 is 0. The lowest BCUT2D eigenvalue weighted by molar-refractivity contribution is 0.142. The molecule has 1 unspecified atom stereocenters. The van der Waals surface area contributed by atoms with Gasteiger partial charge in [0.2, 0.25) is 0 Å². The van der Waals surface area contributed by atoms with Crippen molar-refractivity contribution in [2.24, 2.45) is 0 Å². The van der Waals surface area contributed by atoms with Crippen LogP contribution in [0.3, 0.4) is 0 Å². The van der Waals surface area contributed by atoms with Crippen LogP contribution in [0.5, 0.6) is 0 Å². The Bertz CT molecular complexity index is 117. The molecule has 15 heavy (non-hydrogen) atoms. The summed E-state index contributed by atoms with van der Waals surface area (Å²) in [4.78, 5) is 0. The third-order valence-corrected chi connectivity index (χ3v) is 5.27. The summed E-state index contributed by atoms with van der Waals surface area (Å²) in [6.07, 6.45) is 1.56. The van der Waals surface area contributed by atoms with Gasteiger partial charge < -0.3 is 24.5 Å². The minimum absolute atomic E-state index is 0. The molecule has 0 bridgehead atoms. The number of rotatable bonds is 5. The van der Waals surface area contributed by atoms with Crippen LogP contribution in [-0.4, -0.2) is 50.8 Å². The molecule has 0 fully saturated rings. The molecule has 0 aromatic rings. The van der Waals surface area contributed by atoms with Crippen molar-refractivity contribution in [1.29, 1.82) is 0 Å². The van der Waals surface area contributed by atoms with Crippen molar-refractivity contribution in [3.63, 3.8) is 0 Å². The summed E-state index contributed by atoms with van der Waals surface area (Å²) in [5.41, 5.74) is -0.428. The van der Waals surface area contributed by atoms with Crippen LogP contribution in [0.25, 0.3) is 0 Å². The number of aliphatic hydroxyl groups is 2. The first-order valence-corrected chi connectivity index (χ1v) is 7.30. The molecule has 0 amide bonds. The number of aliphatic hydroxyl groups excluding tert-OH is 2. The van der Waals surface area contributed by atoms with Crippen LogP contribution in [0.2, 0.25) is 6.55 Å². The maximum Gasteiger partial charge on any atom is 0.364 e. The lowest BCUT2D eigenvalue weighted by Gasteiger charge is -2.26. The predicted molar refractivity (Wildman–Crippen MR) is 62.9 cm³/mol. The Kier molecular flexibility index (Phi) is 16.5. The van der Waals surface area contributed by atoms with Gasteiger partial charge in [0, 0.05) is 20.8 Å². The van der Waals surface area contributed by atoms with Crippen LogP contribution in [0.1, 0.15) is 26.7 Å². The van der Waals surface area contributed by atoms with E-state index in [1.807, 2.05) is 20.4 Å². The van der Waals surface area contributed by atoms with Crippen molar-refractivity contribution in [3.8, 4) is 0 Å². The van der Waals surface area contributed by atoms with Crippen LogP contribution < -0.4 is 0 Å². The number of hydrogen-bond acceptors (Lipinski definition) is 4. The van der Waals surface area contributed by atoms with Gasteiger partial charge in [-0.05, 0) is 19.4 Å². The molecule has 0 aromatic heterocycles. The van der Waals surface area contributed by atoms with Crippen molar-refractivity contribution >= 4 is 8.56 Å². The van der Waals surface area contributed by atoms with Crippen molar-refractivity contribution in [2.45, 2.75) is 39.0 Å². The Labute approximate surface area is 93.6 Å². The summed E-state index contributed by atoms with van der Waals surface area (Å²) in [5.74, 6) is 0. The van der Waals surface area contributed by atoms with Crippen molar-refractivity contribution in [2.75, 3.05) is 20.8 Å². The van der Waals surface area contributed by atoms with Crippen LogP contribution in [0.15, 0.2) is 0 Å². The average molecular weight is 242 g/mol. The van der Waals surface area contributed by atoms with Crippen molar-refractivity contribution in [1.82, 2.24) is 0 Å². The summed E-state index contributed by atoms with van der Waals surface area (Å²) in [7, 11) is 0.911. The van der Waals surface area contributed by atoms with E-state index in [1.54, 1.807) is 14.2 Å². The molecule has 0 aliphatic heterocycles. The lowest BCUT2D eigenvalue weighted by atomic mass is 10.5. The van der Waals surface area contributed by atoms with E-state index in [0.29, 0.717) is 13.0 Å². The van der Waals surface area contributed by atoms with Gasteiger partial charge in [-0.3, -0.25) is 0 Å². The van der Waals surface area contributed by atoms with Crippen LogP contribution >= 0.6 is 0 Å². The Hall–Kier alpha value is 0.0169. The van der Waals surface area contributed by atoms with Gasteiger partial charge in [-0.15, -0.1) is 0 Å². The second-order valence-corrected chi connectivity index (χ2v) is 6.59. The zero-order valence-electron chi connectivity index (χ0n) is 10.4. The van der Waals surface area contributed by atoms with Crippen LogP contribution in [0.4, 0.5) is 0 Å². The first-order chi connectivity index (χ1) is 6.52. The van der Waals surface area contributed by atoms with Crippen LogP contribution in [-0.2, 0) is 8.85 Å². The fraction of sp³-hybridized carbons (Fsp3) is 1.00. The van der Waals surface area contributed by atoms with E-state index in [1.165, 1.54) is 0 Å². The molecule has 0 aliphatic carbocycles. The van der Waals surface area contributed by atoms with Crippen molar-refractivity contribution < 1.29 is 24.5 Å². The predicted octanol–water partition coefficient (Wildman–Crippen LogP) is 0.225. The molecule has 1 atom stereocenters. The van der Waals surface area contributed by atoms with E-state index in [4.69, 9.17) is 14.0 Å². The van der Waals surface area contributed by atoms with Gasteiger partial charge in [0.1, 0.15) is 0 Å². The highest BCUT2D eigenvalue weighted by molar-refractivity contribution is 6.67. The standard InChI is InChI=1S/C6H16O3Si.C3H8O.H2O/c1-5-6(7)10(4,8-2)9-3;1-2-3-4;/h6-7H,5H2,1-4H3;4H,2-3H2,1H3;1H2. The van der Waals surface area contributed by atoms with Gasteiger partial charge in [-0.1, -0.05) is 13.8 Å². The Morgan fingerprint density at radius 3 is 1.60 bits per heavy atom. The van der Waals surface area contributed by atoms with Gasteiger partial charge >= 0.3 is 8.56 Å². The molecule has 0 saturated heterocycles. The molecule has 0 radical (unpaired) electrons. The summed E-state index contributed by atoms with van der Waals surface area (Å²) in [6, 6.07) is 0. The highest BCUT2D eigenvalue weighted by Gasteiger charge is 2.36. The van der Waals surface area contributed by atoms with E-state index < -0.39 is 14.3 Å². The Balaban J connectivity index is -0.000000249. The fourth-order valence-electron chi connectivity index (χ4n) is 0.726. The zero-order chi connectivity index (χ0) is 11.6. The number of hydrogen-bond donors (Lipinski definition) is 2. The maximum absolute atomic E-state index is 9.39. The molecule has 5 nitrogen and oxygen atoms in total. The van der Waals surface area contributed by atoms with Crippen LogP contribution in [0, 0.1) is 0 Å². The molecule has 0 heterocycles. The molecule has 0 aliphatic rings. The summed E-state index contributed by atoms with van der Waals surface area (Å²) in [5, 5.41) is 17.3. The smallest absolute Gasteiger partial charge is 0.364 e. The molecule has 0 spiro atoms. The molecule has 96 valence electrons. The van der Waals surface area contributed by atoms with E-state index in [-0.39, 0.29) is 5.48 Å². The van der Waals surface area contributed by atoms with E-state index in [9.17, 15) is 5.11 Å². The van der Waals surface area contributed by atoms with Gasteiger partial charge in [0.05, 0.1) is 5.73 Å². The molecule has 0 rings (SSSR count). The molecule has 4 N–H and O–H groups in total. The van der Waals surface area contributed by atoms with Gasteiger partial charge in [0.25, 0.3) is 0 Å². The highest BCUT2D eigenvalue weighted by Crippen LogP contribution is 2.12. The second-order valence-electron chi connectivity index (χ2n) is 3.07. The summed E-state index contributed by atoms with van der Waals surface area (Å²) in [6.45, 7) is 6.01. The molecule has 6 heteroatoms. The molecule has 0 saturated carbocycles.